The second-order valence-electron chi connectivity index (χ2n) is 3.88. The van der Waals surface area contributed by atoms with E-state index >= 15 is 0 Å². The summed E-state index contributed by atoms with van der Waals surface area (Å²) in [6, 6.07) is 0. The zero-order valence-corrected chi connectivity index (χ0v) is 9.68. The first-order chi connectivity index (χ1) is 7.08. The van der Waals surface area contributed by atoms with Crippen LogP contribution in [0.5, 0.6) is 0 Å². The normalized spacial score (nSPS) is 10.8. The monoisotopic (exact) mass is 211 g/mol. The lowest BCUT2D eigenvalue weighted by Crippen LogP contribution is -2.36. The molecule has 0 aromatic heterocycles. The van der Waals surface area contributed by atoms with E-state index in [1.54, 1.807) is 0 Å². The molecule has 0 aliphatic carbocycles. The third-order valence-corrected chi connectivity index (χ3v) is 2.31. The molecule has 0 aliphatic rings. The summed E-state index contributed by atoms with van der Waals surface area (Å²) >= 11 is 0. The van der Waals surface area contributed by atoms with Crippen molar-refractivity contribution in [1.82, 2.24) is 5.32 Å². The molecule has 0 saturated carbocycles. The molecule has 0 spiro atoms. The van der Waals surface area contributed by atoms with Crippen molar-refractivity contribution in [1.29, 1.82) is 0 Å². The fourth-order valence-electron chi connectivity index (χ4n) is 1.74. The first-order valence-electron chi connectivity index (χ1n) is 5.50. The largest absolute Gasteiger partial charge is 0.389 e. The zero-order valence-electron chi connectivity index (χ0n) is 9.68. The Labute approximate surface area is 92.3 Å². The molecule has 0 aromatic carbocycles. The maximum Gasteiger partial charge on any atom is 0.223 e. The zero-order chi connectivity index (χ0) is 11.7. The fraction of sp³-hybridized carbons (Fsp3) is 0.750. The average Bonchev–Trinajstić information content (AvgIpc) is 2.15. The van der Waals surface area contributed by atoms with Gasteiger partial charge in [0, 0.05) is 0 Å². The van der Waals surface area contributed by atoms with E-state index in [1.807, 2.05) is 13.8 Å². The van der Waals surface area contributed by atoms with Gasteiger partial charge in [-0.15, -0.1) is 6.42 Å². The Balaban J connectivity index is 4.15. The van der Waals surface area contributed by atoms with Gasteiger partial charge >= 0.3 is 0 Å². The van der Waals surface area contributed by atoms with Gasteiger partial charge in [0.2, 0.25) is 5.91 Å². The predicted molar refractivity (Wildman–Crippen MR) is 61.2 cm³/mol. The Hall–Kier alpha value is -1.01. The highest BCUT2D eigenvalue weighted by Crippen LogP contribution is 2.23. The highest BCUT2D eigenvalue weighted by atomic mass is 16.3. The lowest BCUT2D eigenvalue weighted by atomic mass is 9.89. The van der Waals surface area contributed by atoms with Gasteiger partial charge in [-0.05, 0) is 12.8 Å². The third kappa shape index (κ3) is 6.14. The van der Waals surface area contributed by atoms with Crippen molar-refractivity contribution in [2.45, 2.75) is 51.6 Å². The van der Waals surface area contributed by atoms with Crippen molar-refractivity contribution in [3.63, 3.8) is 0 Å². The molecular formula is C12H21NO2. The molecular weight excluding hydrogens is 190 g/mol. The molecule has 2 N–H and O–H groups in total. The van der Waals surface area contributed by atoms with E-state index in [-0.39, 0.29) is 18.9 Å². The smallest absolute Gasteiger partial charge is 0.223 e. The topological polar surface area (TPSA) is 49.3 Å². The van der Waals surface area contributed by atoms with Crippen LogP contribution in [0.4, 0.5) is 0 Å². The van der Waals surface area contributed by atoms with Crippen molar-refractivity contribution >= 4 is 5.91 Å². The van der Waals surface area contributed by atoms with Gasteiger partial charge < -0.3 is 10.4 Å². The number of carbonyl (C=O) groups excluding carboxylic acids is 1. The molecule has 0 aliphatic heterocycles. The molecule has 3 nitrogen and oxygen atoms in total. The van der Waals surface area contributed by atoms with Gasteiger partial charge in [-0.2, -0.15) is 0 Å². The molecule has 86 valence electrons. The van der Waals surface area contributed by atoms with Gasteiger partial charge in [-0.25, -0.2) is 0 Å². The van der Waals surface area contributed by atoms with Crippen molar-refractivity contribution in [3.05, 3.63) is 0 Å². The first-order valence-corrected chi connectivity index (χ1v) is 5.50. The van der Waals surface area contributed by atoms with Crippen LogP contribution >= 0.6 is 0 Å². The van der Waals surface area contributed by atoms with Gasteiger partial charge in [-0.3, -0.25) is 4.79 Å². The van der Waals surface area contributed by atoms with Crippen LogP contribution in [0.2, 0.25) is 0 Å². The Kier molecular flexibility index (Phi) is 6.81. The molecule has 0 unspecified atom stereocenters. The van der Waals surface area contributed by atoms with Crippen LogP contribution in [0.3, 0.4) is 0 Å². The predicted octanol–water partition coefficient (Wildman–Crippen LogP) is 1.46. The van der Waals surface area contributed by atoms with E-state index in [0.29, 0.717) is 12.8 Å². The van der Waals surface area contributed by atoms with E-state index < -0.39 is 5.60 Å². The van der Waals surface area contributed by atoms with Crippen LogP contribution in [0.15, 0.2) is 0 Å². The summed E-state index contributed by atoms with van der Waals surface area (Å²) in [6.45, 7) is 4.23. The van der Waals surface area contributed by atoms with Crippen molar-refractivity contribution < 1.29 is 9.90 Å². The second-order valence-corrected chi connectivity index (χ2v) is 3.88. The van der Waals surface area contributed by atoms with Gasteiger partial charge in [0.25, 0.3) is 0 Å². The number of carbonyl (C=O) groups is 1. The number of amides is 1. The maximum absolute atomic E-state index is 11.4. The van der Waals surface area contributed by atoms with Crippen LogP contribution < -0.4 is 5.32 Å². The number of rotatable bonds is 7. The summed E-state index contributed by atoms with van der Waals surface area (Å²) in [5.74, 6) is 2.17. The molecule has 0 heterocycles. The van der Waals surface area contributed by atoms with Gasteiger partial charge in [0.15, 0.2) is 0 Å². The van der Waals surface area contributed by atoms with Crippen molar-refractivity contribution in [2.75, 3.05) is 6.54 Å². The van der Waals surface area contributed by atoms with E-state index in [4.69, 9.17) is 6.42 Å². The van der Waals surface area contributed by atoms with Crippen molar-refractivity contribution in [2.24, 2.45) is 0 Å². The molecule has 0 radical (unpaired) electrons. The summed E-state index contributed by atoms with van der Waals surface area (Å²) in [4.78, 5) is 11.4. The minimum Gasteiger partial charge on any atom is -0.389 e. The van der Waals surface area contributed by atoms with E-state index in [2.05, 4.69) is 11.2 Å². The van der Waals surface area contributed by atoms with Crippen LogP contribution in [0.25, 0.3) is 0 Å². The number of hydrogen-bond acceptors (Lipinski definition) is 2. The quantitative estimate of drug-likeness (QED) is 0.626. The SMILES string of the molecule is C#CCNC(=O)CC(O)(CCC)CCC. The minimum absolute atomic E-state index is 0.149. The van der Waals surface area contributed by atoms with Crippen LogP contribution in [0.1, 0.15) is 46.0 Å². The molecule has 0 aromatic rings. The number of nitrogens with one attached hydrogen (secondary N) is 1. The molecule has 0 fully saturated rings. The van der Waals surface area contributed by atoms with Gasteiger partial charge in [0.1, 0.15) is 0 Å². The van der Waals surface area contributed by atoms with E-state index in [0.717, 1.165) is 12.8 Å². The number of hydrogen-bond donors (Lipinski definition) is 2. The van der Waals surface area contributed by atoms with Crippen LogP contribution in [-0.4, -0.2) is 23.2 Å². The summed E-state index contributed by atoms with van der Waals surface area (Å²) < 4.78 is 0. The number of terminal acetylenes is 1. The Morgan fingerprint density at radius 2 is 1.93 bits per heavy atom. The molecule has 0 saturated heterocycles. The van der Waals surface area contributed by atoms with E-state index in [9.17, 15) is 9.90 Å². The van der Waals surface area contributed by atoms with Crippen LogP contribution in [0, 0.1) is 12.3 Å². The summed E-state index contributed by atoms with van der Waals surface area (Å²) in [5.41, 5.74) is -0.859. The first kappa shape index (κ1) is 14.0. The standard InChI is InChI=1S/C12H21NO2/c1-4-7-12(15,8-5-2)10-11(14)13-9-6-3/h3,15H,4-5,7-10H2,1-2H3,(H,13,14). The third-order valence-electron chi connectivity index (χ3n) is 2.31. The molecule has 15 heavy (non-hydrogen) atoms. The summed E-state index contributed by atoms with van der Waals surface area (Å²) in [6.07, 6.45) is 8.24. The second kappa shape index (κ2) is 7.30. The Bertz CT molecular complexity index is 224. The highest BCUT2D eigenvalue weighted by molar-refractivity contribution is 5.77. The van der Waals surface area contributed by atoms with E-state index in [1.165, 1.54) is 0 Å². The Morgan fingerprint density at radius 3 is 2.33 bits per heavy atom. The van der Waals surface area contributed by atoms with Gasteiger partial charge in [0.05, 0.1) is 18.6 Å². The average molecular weight is 211 g/mol. The molecule has 3 heteroatoms. The minimum atomic E-state index is -0.859. The molecule has 0 bridgehead atoms. The summed E-state index contributed by atoms with van der Waals surface area (Å²) in [7, 11) is 0. The molecule has 1 amide bonds. The van der Waals surface area contributed by atoms with Gasteiger partial charge in [-0.1, -0.05) is 32.6 Å². The maximum atomic E-state index is 11.4. The molecule has 0 rings (SSSR count). The van der Waals surface area contributed by atoms with Crippen molar-refractivity contribution in [3.8, 4) is 12.3 Å². The number of aliphatic hydroxyl groups is 1. The molecule has 0 atom stereocenters. The lowest BCUT2D eigenvalue weighted by molar-refractivity contribution is -0.126. The van der Waals surface area contributed by atoms with Crippen LogP contribution in [-0.2, 0) is 4.79 Å². The Morgan fingerprint density at radius 1 is 1.40 bits per heavy atom. The fourth-order valence-corrected chi connectivity index (χ4v) is 1.74. The highest BCUT2D eigenvalue weighted by Gasteiger charge is 2.27. The lowest BCUT2D eigenvalue weighted by Gasteiger charge is -2.26. The summed E-state index contributed by atoms with van der Waals surface area (Å²) in [5, 5.41) is 12.7.